The van der Waals surface area contributed by atoms with Gasteiger partial charge in [-0.05, 0) is 35.9 Å². The summed E-state index contributed by atoms with van der Waals surface area (Å²) in [7, 11) is 2.88. The van der Waals surface area contributed by atoms with E-state index in [2.05, 4.69) is 5.32 Å². The first kappa shape index (κ1) is 19.8. The second-order valence-electron chi connectivity index (χ2n) is 5.31. The number of carbonyl (C=O) groups is 1. The molecular weight excluding hydrogens is 361 g/mol. The van der Waals surface area contributed by atoms with Crippen LogP contribution in [0.2, 0.25) is 0 Å². The van der Waals surface area contributed by atoms with Crippen LogP contribution in [0.3, 0.4) is 0 Å². The van der Waals surface area contributed by atoms with Gasteiger partial charge in [-0.2, -0.15) is 18.4 Å². The fourth-order valence-corrected chi connectivity index (χ4v) is 2.26. The monoisotopic (exact) mass is 376 g/mol. The molecule has 0 saturated carbocycles. The number of methoxy groups -OCH3 is 2. The van der Waals surface area contributed by atoms with Crippen LogP contribution in [-0.2, 0) is 11.0 Å². The Morgan fingerprint density at radius 2 is 1.70 bits per heavy atom. The number of nitriles is 1. The van der Waals surface area contributed by atoms with Crippen LogP contribution in [0.4, 0.5) is 18.9 Å². The molecule has 5 nitrogen and oxygen atoms in total. The molecule has 0 aliphatic rings. The van der Waals surface area contributed by atoms with Gasteiger partial charge >= 0.3 is 6.18 Å². The molecule has 8 heteroatoms. The van der Waals surface area contributed by atoms with Gasteiger partial charge < -0.3 is 14.8 Å². The molecular formula is C19H15F3N2O3. The third-order valence-electron chi connectivity index (χ3n) is 3.53. The Morgan fingerprint density at radius 3 is 2.22 bits per heavy atom. The molecule has 0 atom stereocenters. The van der Waals surface area contributed by atoms with Crippen molar-refractivity contribution in [1.29, 1.82) is 5.26 Å². The van der Waals surface area contributed by atoms with Crippen LogP contribution < -0.4 is 14.8 Å². The second kappa shape index (κ2) is 8.27. The van der Waals surface area contributed by atoms with Gasteiger partial charge in [-0.1, -0.05) is 12.1 Å². The van der Waals surface area contributed by atoms with Gasteiger partial charge in [-0.15, -0.1) is 0 Å². The first-order valence-corrected chi connectivity index (χ1v) is 7.61. The van der Waals surface area contributed by atoms with Crippen molar-refractivity contribution in [2.45, 2.75) is 6.18 Å². The lowest BCUT2D eigenvalue weighted by Gasteiger charge is -2.13. The van der Waals surface area contributed by atoms with Crippen LogP contribution in [0.15, 0.2) is 48.0 Å². The Bertz CT molecular complexity index is 893. The summed E-state index contributed by atoms with van der Waals surface area (Å²) in [5, 5.41) is 11.4. The first-order chi connectivity index (χ1) is 12.8. The minimum absolute atomic E-state index is 0.373. The number of para-hydroxylation sites is 1. The summed E-state index contributed by atoms with van der Waals surface area (Å²) in [5.41, 5.74) is -1.39. The van der Waals surface area contributed by atoms with Gasteiger partial charge in [0.05, 0.1) is 25.5 Å². The standard InChI is InChI=1S/C19H15F3N2O3/c1-26-14-8-12(9-15(10-14)27-2)7-13(11-23)18(25)24-17-6-4-3-5-16(17)19(20,21)22/h3-10H,1-2H3,(H,24,25)/b13-7+. The Morgan fingerprint density at radius 1 is 1.11 bits per heavy atom. The minimum atomic E-state index is -4.64. The summed E-state index contributed by atoms with van der Waals surface area (Å²) in [5.74, 6) is -0.0996. The zero-order valence-electron chi connectivity index (χ0n) is 14.4. The summed E-state index contributed by atoms with van der Waals surface area (Å²) < 4.78 is 49.3. The molecule has 0 aliphatic heterocycles. The largest absolute Gasteiger partial charge is 0.497 e. The van der Waals surface area contributed by atoms with Gasteiger partial charge in [-0.25, -0.2) is 0 Å². The fraction of sp³-hybridized carbons (Fsp3) is 0.158. The Balaban J connectivity index is 2.35. The molecule has 1 N–H and O–H groups in total. The molecule has 0 fully saturated rings. The van der Waals surface area contributed by atoms with E-state index in [1.165, 1.54) is 32.4 Å². The zero-order chi connectivity index (χ0) is 20.0. The molecule has 0 aromatic heterocycles. The Labute approximate surface area is 153 Å². The topological polar surface area (TPSA) is 71.3 Å². The molecule has 0 radical (unpaired) electrons. The van der Waals surface area contributed by atoms with Crippen molar-refractivity contribution in [3.8, 4) is 17.6 Å². The number of amides is 1. The van der Waals surface area contributed by atoms with Crippen LogP contribution in [0.5, 0.6) is 11.5 Å². The quantitative estimate of drug-likeness (QED) is 0.625. The lowest BCUT2D eigenvalue weighted by Crippen LogP contribution is -2.17. The van der Waals surface area contributed by atoms with Gasteiger partial charge in [0.2, 0.25) is 0 Å². The fourth-order valence-electron chi connectivity index (χ4n) is 2.26. The van der Waals surface area contributed by atoms with E-state index in [1.54, 1.807) is 24.3 Å². The van der Waals surface area contributed by atoms with Gasteiger partial charge in [-0.3, -0.25) is 4.79 Å². The van der Waals surface area contributed by atoms with Crippen molar-refractivity contribution >= 4 is 17.7 Å². The average molecular weight is 376 g/mol. The van der Waals surface area contributed by atoms with E-state index in [-0.39, 0.29) is 5.57 Å². The van der Waals surface area contributed by atoms with Gasteiger partial charge in [0, 0.05) is 6.07 Å². The highest BCUT2D eigenvalue weighted by molar-refractivity contribution is 6.10. The van der Waals surface area contributed by atoms with E-state index in [9.17, 15) is 23.2 Å². The van der Waals surface area contributed by atoms with Crippen molar-refractivity contribution in [2.75, 3.05) is 19.5 Å². The normalized spacial score (nSPS) is 11.5. The third-order valence-corrected chi connectivity index (χ3v) is 3.53. The number of nitrogens with zero attached hydrogens (tertiary/aromatic N) is 1. The molecule has 0 spiro atoms. The molecule has 2 aromatic rings. The van der Waals surface area contributed by atoms with Gasteiger partial charge in [0.1, 0.15) is 23.1 Å². The summed E-state index contributed by atoms with van der Waals surface area (Å²) in [6.45, 7) is 0. The van der Waals surface area contributed by atoms with E-state index >= 15 is 0 Å². The minimum Gasteiger partial charge on any atom is -0.497 e. The van der Waals surface area contributed by atoms with Crippen molar-refractivity contribution in [2.24, 2.45) is 0 Å². The first-order valence-electron chi connectivity index (χ1n) is 7.61. The number of carbonyl (C=O) groups excluding carboxylic acids is 1. The maximum Gasteiger partial charge on any atom is 0.418 e. The number of rotatable bonds is 5. The molecule has 27 heavy (non-hydrogen) atoms. The zero-order valence-corrected chi connectivity index (χ0v) is 14.4. The van der Waals surface area contributed by atoms with Crippen molar-refractivity contribution in [3.05, 3.63) is 59.2 Å². The summed E-state index contributed by atoms with van der Waals surface area (Å²) >= 11 is 0. The lowest BCUT2D eigenvalue weighted by molar-refractivity contribution is -0.137. The number of nitrogens with one attached hydrogen (secondary N) is 1. The maximum absolute atomic E-state index is 13.0. The Hall–Kier alpha value is -3.47. The predicted octanol–water partition coefficient (Wildman–Crippen LogP) is 4.27. The van der Waals surface area contributed by atoms with Crippen molar-refractivity contribution < 1.29 is 27.4 Å². The van der Waals surface area contributed by atoms with Crippen molar-refractivity contribution in [1.82, 2.24) is 0 Å². The van der Waals surface area contributed by atoms with E-state index in [4.69, 9.17) is 9.47 Å². The van der Waals surface area contributed by atoms with Crippen LogP contribution >= 0.6 is 0 Å². The second-order valence-corrected chi connectivity index (χ2v) is 5.31. The van der Waals surface area contributed by atoms with Crippen LogP contribution in [0.25, 0.3) is 6.08 Å². The summed E-state index contributed by atoms with van der Waals surface area (Å²) in [6.07, 6.45) is -3.41. The summed E-state index contributed by atoms with van der Waals surface area (Å²) in [4.78, 5) is 12.3. The van der Waals surface area contributed by atoms with E-state index < -0.39 is 23.3 Å². The highest BCUT2D eigenvalue weighted by Crippen LogP contribution is 2.34. The van der Waals surface area contributed by atoms with E-state index in [0.29, 0.717) is 17.1 Å². The molecule has 0 saturated heterocycles. The molecule has 0 aliphatic carbocycles. The predicted molar refractivity (Wildman–Crippen MR) is 93.2 cm³/mol. The van der Waals surface area contributed by atoms with E-state index in [1.807, 2.05) is 0 Å². The smallest absolute Gasteiger partial charge is 0.418 e. The molecule has 0 unspecified atom stereocenters. The van der Waals surface area contributed by atoms with Crippen LogP contribution in [0.1, 0.15) is 11.1 Å². The van der Waals surface area contributed by atoms with Gasteiger partial charge in [0.15, 0.2) is 0 Å². The molecule has 2 rings (SSSR count). The number of alkyl halides is 3. The number of anilines is 1. The number of ether oxygens (including phenoxy) is 2. The van der Waals surface area contributed by atoms with Crippen LogP contribution in [0, 0.1) is 11.3 Å². The van der Waals surface area contributed by atoms with Crippen molar-refractivity contribution in [3.63, 3.8) is 0 Å². The van der Waals surface area contributed by atoms with Crippen LogP contribution in [-0.4, -0.2) is 20.1 Å². The molecule has 2 aromatic carbocycles. The average Bonchev–Trinajstić information content (AvgIpc) is 2.65. The number of halogens is 3. The molecule has 0 heterocycles. The lowest BCUT2D eigenvalue weighted by atomic mass is 10.1. The SMILES string of the molecule is COc1cc(/C=C(\C#N)C(=O)Nc2ccccc2C(F)(F)F)cc(OC)c1. The highest BCUT2D eigenvalue weighted by atomic mass is 19.4. The number of hydrogen-bond donors (Lipinski definition) is 1. The Kier molecular flexibility index (Phi) is 6.08. The number of hydrogen-bond acceptors (Lipinski definition) is 4. The maximum atomic E-state index is 13.0. The molecule has 0 bridgehead atoms. The molecule has 140 valence electrons. The van der Waals surface area contributed by atoms with Gasteiger partial charge in [0.25, 0.3) is 5.91 Å². The van der Waals surface area contributed by atoms with E-state index in [0.717, 1.165) is 12.1 Å². The summed E-state index contributed by atoms with van der Waals surface area (Å²) in [6, 6.07) is 10.9. The highest BCUT2D eigenvalue weighted by Gasteiger charge is 2.33. The molecule has 1 amide bonds. The number of benzene rings is 2. The third kappa shape index (κ3) is 5.01.